The van der Waals surface area contributed by atoms with E-state index in [0.717, 1.165) is 6.26 Å². The van der Waals surface area contributed by atoms with Crippen molar-refractivity contribution < 1.29 is 30.8 Å². The molecule has 0 radical (unpaired) electrons. The lowest BCUT2D eigenvalue weighted by Gasteiger charge is -2.30. The predicted molar refractivity (Wildman–Crippen MR) is 126 cm³/mol. The van der Waals surface area contributed by atoms with Crippen LogP contribution in [0.15, 0.2) is 53.4 Å². The number of amides is 1. The standard InChI is InChI=1S/C25H27F4N3O3S/c1-23(2,26)14-20(22(33)32-24(15-30)12-13-24)31-21(25(27,28)29)18-6-4-16(5-7-18)17-8-10-19(11-9-17)36(3,34)35/h4-11,20-21,31H,12-14H2,1-3H3,(H,32,33)/t20-,21+/m1/s1. The molecule has 2 atom stereocenters. The fourth-order valence-corrected chi connectivity index (χ4v) is 4.40. The first-order valence-electron chi connectivity index (χ1n) is 11.2. The van der Waals surface area contributed by atoms with E-state index >= 15 is 0 Å². The van der Waals surface area contributed by atoms with Gasteiger partial charge >= 0.3 is 6.18 Å². The summed E-state index contributed by atoms with van der Waals surface area (Å²) in [6.45, 7) is 2.33. The number of alkyl halides is 4. The summed E-state index contributed by atoms with van der Waals surface area (Å²) >= 11 is 0. The lowest BCUT2D eigenvalue weighted by molar-refractivity contribution is -0.161. The summed E-state index contributed by atoms with van der Waals surface area (Å²) in [4.78, 5) is 12.9. The van der Waals surface area contributed by atoms with Gasteiger partial charge < -0.3 is 5.32 Å². The minimum absolute atomic E-state index is 0.119. The number of benzene rings is 2. The molecule has 0 aliphatic heterocycles. The Kier molecular flexibility index (Phi) is 7.54. The number of sulfone groups is 1. The van der Waals surface area contributed by atoms with Gasteiger partial charge in [-0.3, -0.25) is 10.1 Å². The van der Waals surface area contributed by atoms with Crippen LogP contribution in [-0.2, 0) is 14.6 Å². The van der Waals surface area contributed by atoms with Gasteiger partial charge in [-0.25, -0.2) is 12.8 Å². The zero-order valence-corrected chi connectivity index (χ0v) is 20.8. The van der Waals surface area contributed by atoms with Gasteiger partial charge in [-0.2, -0.15) is 18.4 Å². The fourth-order valence-electron chi connectivity index (χ4n) is 3.77. The van der Waals surface area contributed by atoms with Gasteiger partial charge in [0, 0.05) is 12.7 Å². The number of halogens is 4. The Morgan fingerprint density at radius 1 is 1.03 bits per heavy atom. The first-order valence-corrected chi connectivity index (χ1v) is 13.1. The number of rotatable bonds is 9. The Bertz CT molecular complexity index is 1240. The van der Waals surface area contributed by atoms with Crippen molar-refractivity contribution in [2.24, 2.45) is 0 Å². The molecule has 1 fully saturated rings. The summed E-state index contributed by atoms with van der Waals surface area (Å²) in [6.07, 6.45) is -3.49. The summed E-state index contributed by atoms with van der Waals surface area (Å²) in [5.74, 6) is -0.864. The second-order valence-corrected chi connectivity index (χ2v) is 11.7. The van der Waals surface area contributed by atoms with Gasteiger partial charge in [0.2, 0.25) is 5.91 Å². The lowest BCUT2D eigenvalue weighted by Crippen LogP contribution is -2.53. The van der Waals surface area contributed by atoms with E-state index in [-0.39, 0.29) is 10.5 Å². The highest BCUT2D eigenvalue weighted by Gasteiger charge is 2.48. The number of carbonyl (C=O) groups is 1. The van der Waals surface area contributed by atoms with Crippen LogP contribution in [0, 0.1) is 11.3 Å². The first kappa shape index (κ1) is 27.6. The minimum Gasteiger partial charge on any atom is -0.336 e. The third-order valence-corrected chi connectivity index (χ3v) is 7.02. The molecule has 11 heteroatoms. The van der Waals surface area contributed by atoms with E-state index in [1.54, 1.807) is 12.1 Å². The Balaban J connectivity index is 1.86. The maximum atomic E-state index is 14.4. The highest BCUT2D eigenvalue weighted by Crippen LogP contribution is 2.37. The highest BCUT2D eigenvalue weighted by atomic mass is 32.2. The van der Waals surface area contributed by atoms with Crippen molar-refractivity contribution in [2.75, 3.05) is 6.26 Å². The van der Waals surface area contributed by atoms with Crippen molar-refractivity contribution in [1.29, 1.82) is 5.26 Å². The van der Waals surface area contributed by atoms with Crippen molar-refractivity contribution in [3.05, 3.63) is 54.1 Å². The van der Waals surface area contributed by atoms with Crippen LogP contribution in [0.1, 0.15) is 44.7 Å². The van der Waals surface area contributed by atoms with Gasteiger partial charge in [0.1, 0.15) is 17.2 Å². The molecule has 1 aliphatic rings. The van der Waals surface area contributed by atoms with Gasteiger partial charge in [-0.15, -0.1) is 0 Å². The summed E-state index contributed by atoms with van der Waals surface area (Å²) in [6, 6.07) is 9.47. The van der Waals surface area contributed by atoms with Crippen LogP contribution in [0.4, 0.5) is 17.6 Å². The molecule has 2 aromatic rings. The van der Waals surface area contributed by atoms with Gasteiger partial charge in [-0.05, 0) is 55.5 Å². The molecular weight excluding hydrogens is 498 g/mol. The largest absolute Gasteiger partial charge is 0.407 e. The monoisotopic (exact) mass is 525 g/mol. The van der Waals surface area contributed by atoms with Crippen molar-refractivity contribution in [3.8, 4) is 17.2 Å². The third kappa shape index (κ3) is 7.04. The van der Waals surface area contributed by atoms with Crippen molar-refractivity contribution in [1.82, 2.24) is 10.6 Å². The second kappa shape index (κ2) is 9.82. The molecule has 0 spiro atoms. The molecular formula is C25H27F4N3O3S. The smallest absolute Gasteiger partial charge is 0.336 e. The molecule has 36 heavy (non-hydrogen) atoms. The molecule has 0 heterocycles. The average Bonchev–Trinajstić information content (AvgIpc) is 3.54. The van der Waals surface area contributed by atoms with Crippen molar-refractivity contribution in [3.63, 3.8) is 0 Å². The van der Waals surface area contributed by atoms with Crippen LogP contribution in [0.2, 0.25) is 0 Å². The van der Waals surface area contributed by atoms with E-state index in [4.69, 9.17) is 0 Å². The molecule has 1 amide bonds. The molecule has 0 bridgehead atoms. The van der Waals surface area contributed by atoms with Crippen LogP contribution in [0.25, 0.3) is 11.1 Å². The molecule has 2 aromatic carbocycles. The summed E-state index contributed by atoms with van der Waals surface area (Å²) < 4.78 is 79.9. The van der Waals surface area contributed by atoms with Gasteiger partial charge in [0.25, 0.3) is 0 Å². The van der Waals surface area contributed by atoms with E-state index < -0.39 is 51.6 Å². The summed E-state index contributed by atoms with van der Waals surface area (Å²) in [5.41, 5.74) is -2.08. The topological polar surface area (TPSA) is 99.1 Å². The molecule has 3 rings (SSSR count). The Morgan fingerprint density at radius 3 is 1.92 bits per heavy atom. The van der Waals surface area contributed by atoms with E-state index in [0.29, 0.717) is 24.0 Å². The summed E-state index contributed by atoms with van der Waals surface area (Å²) in [7, 11) is -3.39. The molecule has 0 saturated heterocycles. The van der Waals surface area contributed by atoms with E-state index in [2.05, 4.69) is 10.6 Å². The number of carbonyl (C=O) groups excluding carboxylic acids is 1. The van der Waals surface area contributed by atoms with Gasteiger partial charge in [0.15, 0.2) is 9.84 Å². The molecule has 194 valence electrons. The highest BCUT2D eigenvalue weighted by molar-refractivity contribution is 7.90. The third-order valence-electron chi connectivity index (χ3n) is 5.89. The molecule has 1 saturated carbocycles. The second-order valence-electron chi connectivity index (χ2n) is 9.72. The SMILES string of the molecule is CC(C)(F)C[C@@H](N[C@@H](c1ccc(-c2ccc(S(C)(=O)=O)cc2)cc1)C(F)(F)F)C(=O)NC1(C#N)CC1. The average molecular weight is 526 g/mol. The van der Waals surface area contributed by atoms with Crippen molar-refractivity contribution >= 4 is 15.7 Å². The Morgan fingerprint density at radius 2 is 1.53 bits per heavy atom. The minimum atomic E-state index is -4.80. The molecule has 6 nitrogen and oxygen atoms in total. The molecule has 0 aromatic heterocycles. The fraction of sp³-hybridized carbons (Fsp3) is 0.440. The van der Waals surface area contributed by atoms with E-state index in [1.807, 2.05) is 6.07 Å². The maximum Gasteiger partial charge on any atom is 0.407 e. The molecule has 1 aliphatic carbocycles. The van der Waals surface area contributed by atoms with Crippen LogP contribution >= 0.6 is 0 Å². The number of hydrogen-bond acceptors (Lipinski definition) is 5. The quantitative estimate of drug-likeness (QED) is 0.465. The maximum absolute atomic E-state index is 14.4. The zero-order valence-electron chi connectivity index (χ0n) is 20.0. The lowest BCUT2D eigenvalue weighted by atomic mass is 9.96. The van der Waals surface area contributed by atoms with E-state index in [1.165, 1.54) is 50.2 Å². The number of nitrogens with zero attached hydrogens (tertiary/aromatic N) is 1. The molecule has 0 unspecified atom stereocenters. The number of nitrogens with one attached hydrogen (secondary N) is 2. The molecule has 2 N–H and O–H groups in total. The predicted octanol–water partition coefficient (Wildman–Crippen LogP) is 4.63. The van der Waals surface area contributed by atoms with Gasteiger partial charge in [-0.1, -0.05) is 36.4 Å². The van der Waals surface area contributed by atoms with Crippen molar-refractivity contribution in [2.45, 2.75) is 67.5 Å². The van der Waals surface area contributed by atoms with Crippen LogP contribution in [-0.4, -0.2) is 44.0 Å². The number of hydrogen-bond donors (Lipinski definition) is 2. The van der Waals surface area contributed by atoms with E-state index in [9.17, 15) is 36.0 Å². The van der Waals surface area contributed by atoms with Crippen LogP contribution < -0.4 is 10.6 Å². The normalized spacial score (nSPS) is 17.1. The van der Waals surface area contributed by atoms with Crippen LogP contribution in [0.5, 0.6) is 0 Å². The number of nitriles is 1. The van der Waals surface area contributed by atoms with Crippen LogP contribution in [0.3, 0.4) is 0 Å². The first-order chi connectivity index (χ1) is 16.5. The zero-order chi connectivity index (χ0) is 26.9. The summed E-state index contributed by atoms with van der Waals surface area (Å²) in [5, 5.41) is 13.9. The Labute approximate surface area is 207 Å². The van der Waals surface area contributed by atoms with Gasteiger partial charge in [0.05, 0.1) is 17.0 Å². The Hall–Kier alpha value is -2.97.